The molecule has 3 atom stereocenters. The van der Waals surface area contributed by atoms with Gasteiger partial charge in [0.05, 0.1) is 39.9 Å². The van der Waals surface area contributed by atoms with E-state index >= 15 is 0 Å². The molecule has 0 bridgehead atoms. The number of unbranched alkanes of at least 4 members (excludes halogenated alkanes) is 15. The van der Waals surface area contributed by atoms with Crippen LogP contribution in [-0.4, -0.2) is 68.5 Å². The highest BCUT2D eigenvalue weighted by molar-refractivity contribution is 7.45. The summed E-state index contributed by atoms with van der Waals surface area (Å²) in [4.78, 5) is 25.2. The summed E-state index contributed by atoms with van der Waals surface area (Å²) in [5.74, 6) is -0.193. The van der Waals surface area contributed by atoms with Crippen molar-refractivity contribution < 1.29 is 32.9 Å². The quantitative estimate of drug-likeness (QED) is 0.0300. The van der Waals surface area contributed by atoms with Crippen LogP contribution in [0.25, 0.3) is 0 Å². The van der Waals surface area contributed by atoms with Gasteiger partial charge in [-0.3, -0.25) is 9.36 Å². The Morgan fingerprint density at radius 2 is 1.21 bits per heavy atom. The van der Waals surface area contributed by atoms with Crippen LogP contribution in [0, 0.1) is 0 Å². The monoisotopic (exact) mass is 699 g/mol. The highest BCUT2D eigenvalue weighted by Gasteiger charge is 2.24. The molecule has 8 nitrogen and oxygen atoms in total. The number of allylic oxidation sites excluding steroid dienone is 6. The Balaban J connectivity index is 4.52. The molecule has 0 aromatic carbocycles. The summed E-state index contributed by atoms with van der Waals surface area (Å²) in [6.07, 6.45) is 35.7. The van der Waals surface area contributed by atoms with Crippen LogP contribution in [0.2, 0.25) is 0 Å². The minimum absolute atomic E-state index is 0.00292. The first-order valence-electron chi connectivity index (χ1n) is 19.3. The summed E-state index contributed by atoms with van der Waals surface area (Å²) in [5, 5.41) is 13.8. The van der Waals surface area contributed by atoms with E-state index in [0.29, 0.717) is 23.9 Å². The van der Waals surface area contributed by atoms with Gasteiger partial charge in [0.15, 0.2) is 0 Å². The molecule has 282 valence electrons. The fraction of sp³-hybridized carbons (Fsp3) is 0.821. The van der Waals surface area contributed by atoms with Gasteiger partial charge < -0.3 is 28.8 Å². The topological polar surface area (TPSA) is 108 Å². The zero-order chi connectivity index (χ0) is 35.8. The summed E-state index contributed by atoms with van der Waals surface area (Å²) in [6, 6.07) is -0.821. The fourth-order valence-corrected chi connectivity index (χ4v) is 5.90. The van der Waals surface area contributed by atoms with Crippen LogP contribution in [0.3, 0.4) is 0 Å². The lowest BCUT2D eigenvalue weighted by Crippen LogP contribution is -2.46. The maximum absolute atomic E-state index is 12.8. The third kappa shape index (κ3) is 33.2. The number of phosphoric ester groups is 1. The van der Waals surface area contributed by atoms with Crippen LogP contribution in [0.15, 0.2) is 36.5 Å². The number of carbonyl (C=O) groups excluding carboxylic acids is 1. The molecule has 0 aliphatic carbocycles. The number of hydrogen-bond acceptors (Lipinski definition) is 6. The molecule has 0 radical (unpaired) electrons. The molecule has 0 fully saturated rings. The van der Waals surface area contributed by atoms with E-state index in [1.54, 1.807) is 0 Å². The molecule has 48 heavy (non-hydrogen) atoms. The molecule has 0 aromatic heterocycles. The number of nitrogens with zero attached hydrogens (tertiary/aromatic N) is 1. The number of amides is 1. The van der Waals surface area contributed by atoms with Gasteiger partial charge >= 0.3 is 0 Å². The SMILES string of the molecule is CCCCC/C=C/C/C=C/CCCCCCCC(=O)N[C@@H](COP(=O)([O-])OCC[N+](C)(C)C)[C@H](O)CCCC/C=C/CCCCCCC. The van der Waals surface area contributed by atoms with Crippen molar-refractivity contribution >= 4 is 13.7 Å². The van der Waals surface area contributed by atoms with E-state index in [2.05, 4.69) is 55.6 Å². The molecule has 9 heteroatoms. The van der Waals surface area contributed by atoms with Gasteiger partial charge in [-0.15, -0.1) is 0 Å². The maximum atomic E-state index is 12.8. The van der Waals surface area contributed by atoms with Crippen molar-refractivity contribution in [2.24, 2.45) is 0 Å². The van der Waals surface area contributed by atoms with Gasteiger partial charge in [-0.2, -0.15) is 0 Å². The second-order valence-electron chi connectivity index (χ2n) is 14.3. The van der Waals surface area contributed by atoms with Crippen molar-refractivity contribution in [2.75, 3.05) is 40.9 Å². The highest BCUT2D eigenvalue weighted by Crippen LogP contribution is 2.38. The molecule has 0 aliphatic heterocycles. The predicted molar refractivity (Wildman–Crippen MR) is 201 cm³/mol. The molecule has 0 rings (SSSR count). The van der Waals surface area contributed by atoms with E-state index in [1.165, 1.54) is 57.8 Å². The van der Waals surface area contributed by atoms with E-state index in [1.807, 2.05) is 21.1 Å². The van der Waals surface area contributed by atoms with E-state index < -0.39 is 20.0 Å². The lowest BCUT2D eigenvalue weighted by Gasteiger charge is -2.30. The van der Waals surface area contributed by atoms with Crippen molar-refractivity contribution in [1.82, 2.24) is 5.32 Å². The van der Waals surface area contributed by atoms with Crippen LogP contribution in [-0.2, 0) is 18.4 Å². The third-order valence-electron chi connectivity index (χ3n) is 8.35. The number of quaternary nitrogens is 1. The number of carbonyl (C=O) groups is 1. The molecule has 1 amide bonds. The molecule has 0 spiro atoms. The number of hydrogen-bond donors (Lipinski definition) is 2. The van der Waals surface area contributed by atoms with Gasteiger partial charge in [0.1, 0.15) is 13.2 Å². The van der Waals surface area contributed by atoms with E-state index in [9.17, 15) is 19.4 Å². The first-order valence-corrected chi connectivity index (χ1v) is 20.8. The number of phosphoric acid groups is 1. The molecule has 0 saturated heterocycles. The van der Waals surface area contributed by atoms with Crippen LogP contribution in [0.5, 0.6) is 0 Å². The zero-order valence-corrected chi connectivity index (χ0v) is 32.6. The summed E-state index contributed by atoms with van der Waals surface area (Å²) in [6.45, 7) is 4.61. The highest BCUT2D eigenvalue weighted by atomic mass is 31.2. The van der Waals surface area contributed by atoms with E-state index in [4.69, 9.17) is 9.05 Å². The smallest absolute Gasteiger partial charge is 0.268 e. The van der Waals surface area contributed by atoms with Gasteiger partial charge in [0.2, 0.25) is 5.91 Å². The minimum atomic E-state index is -4.57. The Labute approximate surface area is 296 Å². The molecule has 1 unspecified atom stereocenters. The Morgan fingerprint density at radius 1 is 0.729 bits per heavy atom. The van der Waals surface area contributed by atoms with Crippen molar-refractivity contribution in [1.29, 1.82) is 0 Å². The van der Waals surface area contributed by atoms with Gasteiger partial charge in [-0.25, -0.2) is 0 Å². The molecule has 0 saturated carbocycles. The summed E-state index contributed by atoms with van der Waals surface area (Å²) in [5.41, 5.74) is 0. The summed E-state index contributed by atoms with van der Waals surface area (Å²) >= 11 is 0. The van der Waals surface area contributed by atoms with Crippen molar-refractivity contribution in [2.45, 2.75) is 167 Å². The minimum Gasteiger partial charge on any atom is -0.756 e. The Bertz CT molecular complexity index is 886. The summed E-state index contributed by atoms with van der Waals surface area (Å²) < 4.78 is 23.1. The third-order valence-corrected chi connectivity index (χ3v) is 9.31. The average Bonchev–Trinajstić information content (AvgIpc) is 3.02. The van der Waals surface area contributed by atoms with Crippen molar-refractivity contribution in [3.8, 4) is 0 Å². The first-order chi connectivity index (χ1) is 23.0. The normalized spacial score (nSPS) is 15.1. The second kappa shape index (κ2) is 31.7. The maximum Gasteiger partial charge on any atom is 0.268 e. The van der Waals surface area contributed by atoms with Crippen LogP contribution >= 0.6 is 7.82 Å². The first kappa shape index (κ1) is 46.7. The number of likely N-dealkylation sites (N-methyl/N-ethyl adjacent to an activating group) is 1. The molecule has 0 aliphatic rings. The lowest BCUT2D eigenvalue weighted by atomic mass is 10.0. The molecular formula is C39H75N2O6P. The van der Waals surface area contributed by atoms with Gasteiger partial charge in [0.25, 0.3) is 7.82 Å². The lowest BCUT2D eigenvalue weighted by molar-refractivity contribution is -0.870. The Hall–Kier alpha value is -1.28. The van der Waals surface area contributed by atoms with Gasteiger partial charge in [-0.05, 0) is 70.6 Å². The van der Waals surface area contributed by atoms with Crippen molar-refractivity contribution in [3.63, 3.8) is 0 Å². The van der Waals surface area contributed by atoms with Gasteiger partial charge in [-0.1, -0.05) is 115 Å². The predicted octanol–water partition coefficient (Wildman–Crippen LogP) is 9.33. The molecule has 2 N–H and O–H groups in total. The number of nitrogens with one attached hydrogen (secondary N) is 1. The van der Waals surface area contributed by atoms with Gasteiger partial charge in [0, 0.05) is 6.42 Å². The number of aliphatic hydroxyl groups is 1. The van der Waals surface area contributed by atoms with Crippen LogP contribution in [0.4, 0.5) is 0 Å². The fourth-order valence-electron chi connectivity index (χ4n) is 5.18. The summed E-state index contributed by atoms with van der Waals surface area (Å²) in [7, 11) is 1.27. The van der Waals surface area contributed by atoms with Crippen molar-refractivity contribution in [3.05, 3.63) is 36.5 Å². The zero-order valence-electron chi connectivity index (χ0n) is 31.7. The largest absolute Gasteiger partial charge is 0.756 e. The van der Waals surface area contributed by atoms with Crippen LogP contribution < -0.4 is 10.2 Å². The number of rotatable bonds is 34. The van der Waals surface area contributed by atoms with Crippen LogP contribution in [0.1, 0.15) is 155 Å². The standard InChI is InChI=1S/C39H75N2O6P/c1-6-8-10-12-14-16-18-19-20-21-23-25-27-29-31-33-39(43)40-37(36-47-48(44,45)46-35-34-41(3,4)5)38(42)32-30-28-26-24-22-17-15-13-11-9-7-2/h14,16,19-20,22,24,37-38,42H,6-13,15,17-18,21,23,25-36H2,1-5H3,(H-,40,43,44,45)/b16-14+,20-19+,24-22+/t37-,38+/m0/s1. The number of aliphatic hydroxyl groups excluding tert-OH is 1. The Morgan fingerprint density at radius 3 is 1.79 bits per heavy atom. The molecule has 0 aromatic rings. The second-order valence-corrected chi connectivity index (χ2v) is 15.7. The van der Waals surface area contributed by atoms with E-state index in [-0.39, 0.29) is 19.1 Å². The Kier molecular flexibility index (Phi) is 30.8. The molecular weight excluding hydrogens is 623 g/mol. The van der Waals surface area contributed by atoms with E-state index in [0.717, 1.165) is 70.6 Å². The average molecular weight is 699 g/mol. The molecule has 0 heterocycles.